The molecule has 4 N–H and O–H groups in total. The summed E-state index contributed by atoms with van der Waals surface area (Å²) in [6.07, 6.45) is 2.22. The Morgan fingerprint density at radius 1 is 0.911 bits per heavy atom. The van der Waals surface area contributed by atoms with E-state index in [1.165, 1.54) is 59.9 Å². The Morgan fingerprint density at radius 2 is 1.64 bits per heavy atom. The topological polar surface area (TPSA) is 141 Å². The van der Waals surface area contributed by atoms with Crippen LogP contribution < -0.4 is 16.0 Å². The summed E-state index contributed by atoms with van der Waals surface area (Å²) < 4.78 is 90.5. The van der Waals surface area contributed by atoms with E-state index in [9.17, 15) is 27.5 Å². The van der Waals surface area contributed by atoms with Gasteiger partial charge in [-0.15, -0.1) is 0 Å². The van der Waals surface area contributed by atoms with E-state index in [1.54, 1.807) is 18.2 Å². The Morgan fingerprint density at radius 3 is 2.36 bits per heavy atom. The van der Waals surface area contributed by atoms with Gasteiger partial charge in [-0.05, 0) is 96.1 Å². The van der Waals surface area contributed by atoms with E-state index in [4.69, 9.17) is 0 Å². The molecule has 10 nitrogen and oxygen atoms in total. The lowest BCUT2D eigenvalue weighted by Gasteiger charge is -2.38. The zero-order chi connectivity index (χ0) is 40.0. The van der Waals surface area contributed by atoms with Crippen LogP contribution in [0.1, 0.15) is 52.4 Å². The molecule has 0 radical (unpaired) electrons. The second kappa shape index (κ2) is 17.0. The predicted octanol–water partition coefficient (Wildman–Crippen LogP) is 6.05. The maximum Gasteiger partial charge on any atom is 0.255 e. The van der Waals surface area contributed by atoms with E-state index in [0.29, 0.717) is 23.9 Å². The Balaban J connectivity index is 1.42. The second-order valence-electron chi connectivity index (χ2n) is 13.5. The van der Waals surface area contributed by atoms with Crippen molar-refractivity contribution in [3.63, 3.8) is 0 Å². The van der Waals surface area contributed by atoms with E-state index >= 15 is 13.2 Å². The minimum atomic E-state index is -4.11. The van der Waals surface area contributed by atoms with Gasteiger partial charge in [-0.3, -0.25) is 14.6 Å². The third kappa shape index (κ3) is 8.59. The van der Waals surface area contributed by atoms with Gasteiger partial charge in [0.15, 0.2) is 0 Å². The summed E-state index contributed by atoms with van der Waals surface area (Å²) in [5.74, 6) is -4.54. The number of sulfonamides is 1. The first-order valence-electron chi connectivity index (χ1n) is 17.8. The molecule has 1 fully saturated rings. The minimum Gasteiger partial charge on any atom is -0.507 e. The van der Waals surface area contributed by atoms with Crippen molar-refractivity contribution in [1.82, 2.24) is 19.9 Å². The first-order chi connectivity index (χ1) is 26.8. The first kappa shape index (κ1) is 40.0. The lowest BCUT2D eigenvalue weighted by molar-refractivity contribution is -0.114. The van der Waals surface area contributed by atoms with Crippen LogP contribution in [0, 0.1) is 23.3 Å². The highest BCUT2D eigenvalue weighted by molar-refractivity contribution is 7.89. The highest BCUT2D eigenvalue weighted by Crippen LogP contribution is 2.45. The van der Waals surface area contributed by atoms with Gasteiger partial charge in [0.2, 0.25) is 15.9 Å². The van der Waals surface area contributed by atoms with Crippen molar-refractivity contribution in [1.29, 1.82) is 0 Å². The lowest BCUT2D eigenvalue weighted by atomic mass is 9.66. The van der Waals surface area contributed by atoms with Gasteiger partial charge < -0.3 is 21.1 Å². The number of pyridine rings is 1. The molecule has 1 aliphatic heterocycles. The van der Waals surface area contributed by atoms with E-state index in [-0.39, 0.29) is 77.7 Å². The highest BCUT2D eigenvalue weighted by Gasteiger charge is 2.41. The number of piperazine rings is 1. The number of carbonyl (C=O) groups is 2. The van der Waals surface area contributed by atoms with Crippen molar-refractivity contribution in [2.45, 2.75) is 42.5 Å². The number of carbonyl (C=O) groups excluding carboxylic acids is 2. The van der Waals surface area contributed by atoms with Crippen molar-refractivity contribution < 1.29 is 40.7 Å². The van der Waals surface area contributed by atoms with E-state index in [0.717, 1.165) is 30.5 Å². The molecule has 5 aromatic rings. The fraction of sp³-hybridized carbons (Fsp3) is 0.244. The number of rotatable bonds is 13. The molecule has 2 heterocycles. The van der Waals surface area contributed by atoms with Crippen LogP contribution in [0.25, 0.3) is 0 Å². The zero-order valence-electron chi connectivity index (χ0n) is 30.2. The molecule has 0 saturated carbocycles. The first-order valence-corrected chi connectivity index (χ1v) is 19.3. The standard InChI is InChI=1S/C41H39F4N5O5S/c1-26(51)49-32-5-4-6-34(22-32)56(54,55)50-18-17-46-23-33(50)13-14-35-37(24-47-25-38(35)45)41(27-9-11-29(42)12-10-27,28-19-30(43)21-31(44)20-28)15-16-48-40(53)36-7-2-3-8-39(36)52/h2-12,19-22,24-25,33,46,52H,13-18,23H2,1H3,(H,48,53)(H,49,51)/t33-,41-/m0/s1. The number of nitrogens with one attached hydrogen (secondary N) is 3. The molecule has 1 aliphatic rings. The summed E-state index contributed by atoms with van der Waals surface area (Å²) in [6, 6.07) is 19.0. The van der Waals surface area contributed by atoms with Crippen molar-refractivity contribution in [3.05, 3.63) is 154 Å². The maximum absolute atomic E-state index is 16.3. The average molecular weight is 790 g/mol. The number of nitrogens with zero attached hydrogens (tertiary/aromatic N) is 2. The van der Waals surface area contributed by atoms with Crippen LogP contribution in [0.4, 0.5) is 23.2 Å². The molecule has 6 rings (SSSR count). The summed E-state index contributed by atoms with van der Waals surface area (Å²) in [7, 11) is -4.11. The molecule has 56 heavy (non-hydrogen) atoms. The molecule has 2 amide bonds. The normalized spacial score (nSPS) is 15.8. The average Bonchev–Trinajstić information content (AvgIpc) is 3.16. The molecular formula is C41H39F4N5O5S. The number of anilines is 1. The van der Waals surface area contributed by atoms with Gasteiger partial charge in [0.1, 0.15) is 29.0 Å². The fourth-order valence-corrected chi connectivity index (χ4v) is 9.03. The third-order valence-corrected chi connectivity index (χ3v) is 11.8. The molecule has 0 aliphatic carbocycles. The monoisotopic (exact) mass is 789 g/mol. The van der Waals surface area contributed by atoms with Gasteiger partial charge in [0.25, 0.3) is 5.91 Å². The lowest BCUT2D eigenvalue weighted by Crippen LogP contribution is -2.53. The largest absolute Gasteiger partial charge is 0.507 e. The summed E-state index contributed by atoms with van der Waals surface area (Å²) >= 11 is 0. The van der Waals surface area contributed by atoms with E-state index < -0.39 is 50.7 Å². The number of hydrogen-bond donors (Lipinski definition) is 4. The number of phenols is 1. The molecule has 1 saturated heterocycles. The van der Waals surface area contributed by atoms with Crippen molar-refractivity contribution in [3.8, 4) is 5.75 Å². The number of phenolic OH excluding ortho intramolecular Hbond substituents is 1. The van der Waals surface area contributed by atoms with Gasteiger partial charge in [-0.25, -0.2) is 26.0 Å². The molecule has 2 atom stereocenters. The van der Waals surface area contributed by atoms with Crippen LogP contribution in [-0.2, 0) is 26.7 Å². The molecule has 0 bridgehead atoms. The van der Waals surface area contributed by atoms with Crippen LogP contribution in [-0.4, -0.2) is 66.8 Å². The van der Waals surface area contributed by atoms with Crippen molar-refractivity contribution >= 4 is 27.5 Å². The minimum absolute atomic E-state index is 0.0211. The number of aromatic hydroxyl groups is 1. The fourth-order valence-electron chi connectivity index (χ4n) is 7.33. The molecule has 0 unspecified atom stereocenters. The van der Waals surface area contributed by atoms with Gasteiger partial charge in [-0.1, -0.05) is 30.3 Å². The number of aromatic nitrogens is 1. The van der Waals surface area contributed by atoms with Gasteiger partial charge in [0, 0.05) is 62.5 Å². The number of hydrogen-bond acceptors (Lipinski definition) is 7. The van der Waals surface area contributed by atoms with Crippen LogP contribution in [0.15, 0.2) is 108 Å². The molecule has 4 aromatic carbocycles. The van der Waals surface area contributed by atoms with E-state index in [2.05, 4.69) is 20.9 Å². The van der Waals surface area contributed by atoms with Crippen molar-refractivity contribution in [2.24, 2.45) is 0 Å². The second-order valence-corrected chi connectivity index (χ2v) is 15.4. The Bertz CT molecular complexity index is 2330. The predicted molar refractivity (Wildman–Crippen MR) is 202 cm³/mol. The zero-order valence-corrected chi connectivity index (χ0v) is 31.1. The van der Waals surface area contributed by atoms with Crippen LogP contribution >= 0.6 is 0 Å². The Hall–Kier alpha value is -5.64. The van der Waals surface area contributed by atoms with Crippen LogP contribution in [0.5, 0.6) is 5.75 Å². The van der Waals surface area contributed by atoms with Gasteiger partial charge in [0.05, 0.1) is 16.7 Å². The molecule has 15 heteroatoms. The smallest absolute Gasteiger partial charge is 0.255 e. The maximum atomic E-state index is 16.3. The van der Waals surface area contributed by atoms with Gasteiger partial charge in [-0.2, -0.15) is 4.31 Å². The van der Waals surface area contributed by atoms with E-state index in [1.807, 2.05) is 0 Å². The van der Waals surface area contributed by atoms with Crippen molar-refractivity contribution in [2.75, 3.05) is 31.5 Å². The number of halogens is 4. The molecular weight excluding hydrogens is 751 g/mol. The molecule has 1 aromatic heterocycles. The summed E-state index contributed by atoms with van der Waals surface area (Å²) in [5, 5.41) is 18.8. The molecule has 292 valence electrons. The summed E-state index contributed by atoms with van der Waals surface area (Å²) in [5.41, 5.74) is -0.827. The Labute approximate surface area is 321 Å². The van der Waals surface area contributed by atoms with Gasteiger partial charge >= 0.3 is 0 Å². The Kier molecular flexibility index (Phi) is 12.2. The number of benzene rings is 4. The number of para-hydroxylation sites is 1. The highest BCUT2D eigenvalue weighted by atomic mass is 32.2. The third-order valence-electron chi connectivity index (χ3n) is 9.88. The van der Waals surface area contributed by atoms with Crippen LogP contribution in [0.3, 0.4) is 0 Å². The SMILES string of the molecule is CC(=O)Nc1cccc(S(=O)(=O)N2CCNC[C@@H]2CCc2c(F)cncc2[C@@](CCNC(=O)c2ccccc2O)(c2ccc(F)cc2)c2cc(F)cc(F)c2)c1. The van der Waals surface area contributed by atoms with Crippen LogP contribution in [0.2, 0.25) is 0 Å². The number of amides is 2. The summed E-state index contributed by atoms with van der Waals surface area (Å²) in [6.45, 7) is 1.81. The summed E-state index contributed by atoms with van der Waals surface area (Å²) in [4.78, 5) is 29.0. The quantitative estimate of drug-likeness (QED) is 0.107. The molecule has 0 spiro atoms.